The Morgan fingerprint density at radius 1 is 1.29 bits per heavy atom. The third-order valence-electron chi connectivity index (χ3n) is 2.91. The normalized spacial score (nSPS) is 11.1. The maximum atomic E-state index is 11.7. The Labute approximate surface area is 133 Å². The molecule has 1 heterocycles. The lowest BCUT2D eigenvalue weighted by Crippen LogP contribution is -2.24. The van der Waals surface area contributed by atoms with Gasteiger partial charge in [0.15, 0.2) is 0 Å². The molecule has 0 saturated heterocycles. The van der Waals surface area contributed by atoms with Gasteiger partial charge in [-0.2, -0.15) is 0 Å². The quantitative estimate of drug-likeness (QED) is 0.887. The molecule has 0 aliphatic carbocycles. The second-order valence-electron chi connectivity index (χ2n) is 5.13. The van der Waals surface area contributed by atoms with Gasteiger partial charge in [-0.15, -0.1) is 0 Å². The van der Waals surface area contributed by atoms with Crippen LogP contribution in [0, 0.1) is 0 Å². The summed E-state index contributed by atoms with van der Waals surface area (Å²) >= 11 is 12.0. The predicted octanol–water partition coefficient (Wildman–Crippen LogP) is 3.17. The lowest BCUT2D eigenvalue weighted by atomic mass is 10.1. The summed E-state index contributed by atoms with van der Waals surface area (Å²) in [6.45, 7) is 4.64. The number of hydrogen-bond donors (Lipinski definition) is 2. The van der Waals surface area contributed by atoms with Crippen LogP contribution in [-0.4, -0.2) is 16.0 Å². The van der Waals surface area contributed by atoms with Crippen molar-refractivity contribution in [2.45, 2.75) is 32.9 Å². The Bertz CT molecular complexity index is 683. The van der Waals surface area contributed by atoms with E-state index in [1.165, 1.54) is 6.07 Å². The Morgan fingerprint density at radius 3 is 2.71 bits per heavy atom. The largest absolute Gasteiger partial charge is 0.310 e. The summed E-state index contributed by atoms with van der Waals surface area (Å²) in [5, 5.41) is 4.39. The van der Waals surface area contributed by atoms with Crippen molar-refractivity contribution in [3.63, 3.8) is 0 Å². The molecule has 0 spiro atoms. The summed E-state index contributed by atoms with van der Waals surface area (Å²) in [5.74, 6) is 0.590. The van der Waals surface area contributed by atoms with Gasteiger partial charge in [0.2, 0.25) is 0 Å². The lowest BCUT2D eigenvalue weighted by Gasteiger charge is -2.09. The molecule has 2 N–H and O–H groups in total. The molecule has 1 aromatic carbocycles. The molecule has 0 unspecified atom stereocenters. The van der Waals surface area contributed by atoms with Crippen LogP contribution >= 0.6 is 23.2 Å². The van der Waals surface area contributed by atoms with Crippen LogP contribution in [0.15, 0.2) is 29.1 Å². The van der Waals surface area contributed by atoms with Crippen LogP contribution in [0.3, 0.4) is 0 Å². The van der Waals surface area contributed by atoms with E-state index in [1.807, 2.05) is 19.9 Å². The van der Waals surface area contributed by atoms with Crippen molar-refractivity contribution >= 4 is 23.2 Å². The van der Waals surface area contributed by atoms with Gasteiger partial charge in [-0.1, -0.05) is 43.1 Å². The highest BCUT2D eigenvalue weighted by Crippen LogP contribution is 2.22. The highest BCUT2D eigenvalue weighted by molar-refractivity contribution is 6.35. The van der Waals surface area contributed by atoms with E-state index in [9.17, 15) is 4.79 Å². The minimum atomic E-state index is -0.161. The van der Waals surface area contributed by atoms with Crippen LogP contribution in [0.2, 0.25) is 10.0 Å². The number of H-pyrrole nitrogens is 1. The number of halogens is 2. The number of hydrogen-bond acceptors (Lipinski definition) is 3. The molecule has 1 aromatic heterocycles. The second-order valence-corrected chi connectivity index (χ2v) is 5.98. The zero-order valence-corrected chi connectivity index (χ0v) is 13.4. The standard InChI is InChI=1S/C15H17Cl2N3O/c1-9(2)18-8-12-7-15(21)20-14(19-12)5-10-3-4-11(16)6-13(10)17/h3-4,6-7,9,18H,5,8H2,1-2H3,(H,19,20,21). The molecule has 0 aliphatic heterocycles. The monoisotopic (exact) mass is 325 g/mol. The van der Waals surface area contributed by atoms with E-state index in [0.717, 1.165) is 5.56 Å². The molecule has 6 heteroatoms. The van der Waals surface area contributed by atoms with Gasteiger partial charge in [-0.3, -0.25) is 4.79 Å². The van der Waals surface area contributed by atoms with Crippen molar-refractivity contribution in [1.82, 2.24) is 15.3 Å². The first-order chi connectivity index (χ1) is 9.94. The molecule has 2 rings (SSSR count). The SMILES string of the molecule is CC(C)NCc1cc(=O)[nH]c(Cc2ccc(Cl)cc2Cl)n1. The van der Waals surface area contributed by atoms with Crippen molar-refractivity contribution < 1.29 is 0 Å². The number of aromatic nitrogens is 2. The molecule has 0 atom stereocenters. The fourth-order valence-electron chi connectivity index (χ4n) is 1.89. The van der Waals surface area contributed by atoms with E-state index in [4.69, 9.17) is 23.2 Å². The number of benzene rings is 1. The maximum Gasteiger partial charge on any atom is 0.251 e. The molecule has 0 aliphatic rings. The summed E-state index contributed by atoms with van der Waals surface area (Å²) < 4.78 is 0. The fourth-order valence-corrected chi connectivity index (χ4v) is 2.37. The Hall–Kier alpha value is -1.36. The Morgan fingerprint density at radius 2 is 2.05 bits per heavy atom. The van der Waals surface area contributed by atoms with E-state index < -0.39 is 0 Å². The molecular weight excluding hydrogens is 309 g/mol. The summed E-state index contributed by atoms with van der Waals surface area (Å²) in [7, 11) is 0. The topological polar surface area (TPSA) is 57.8 Å². The average molecular weight is 326 g/mol. The van der Waals surface area contributed by atoms with Crippen molar-refractivity contribution in [2.75, 3.05) is 0 Å². The molecule has 2 aromatic rings. The van der Waals surface area contributed by atoms with Crippen molar-refractivity contribution in [1.29, 1.82) is 0 Å². The minimum absolute atomic E-state index is 0.161. The van der Waals surface area contributed by atoms with Crippen LogP contribution in [0.1, 0.15) is 30.9 Å². The first kappa shape index (κ1) is 16.0. The van der Waals surface area contributed by atoms with Crippen molar-refractivity contribution in [2.24, 2.45) is 0 Å². The van der Waals surface area contributed by atoms with E-state index in [2.05, 4.69) is 15.3 Å². The van der Waals surface area contributed by atoms with E-state index in [1.54, 1.807) is 12.1 Å². The molecule has 21 heavy (non-hydrogen) atoms. The van der Waals surface area contributed by atoms with E-state index >= 15 is 0 Å². The van der Waals surface area contributed by atoms with Crippen LogP contribution in [-0.2, 0) is 13.0 Å². The number of aromatic amines is 1. The van der Waals surface area contributed by atoms with E-state index in [-0.39, 0.29) is 5.56 Å². The highest BCUT2D eigenvalue weighted by atomic mass is 35.5. The molecule has 0 saturated carbocycles. The first-order valence-corrected chi connectivity index (χ1v) is 7.46. The third-order valence-corrected chi connectivity index (χ3v) is 3.50. The minimum Gasteiger partial charge on any atom is -0.310 e. The Kier molecular flexibility index (Phi) is 5.39. The molecule has 112 valence electrons. The zero-order chi connectivity index (χ0) is 15.4. The van der Waals surface area contributed by atoms with Gasteiger partial charge in [0.25, 0.3) is 5.56 Å². The lowest BCUT2D eigenvalue weighted by molar-refractivity contribution is 0.578. The highest BCUT2D eigenvalue weighted by Gasteiger charge is 2.07. The van der Waals surface area contributed by atoms with Crippen LogP contribution in [0.4, 0.5) is 0 Å². The van der Waals surface area contributed by atoms with Gasteiger partial charge >= 0.3 is 0 Å². The number of rotatable bonds is 5. The fraction of sp³-hybridized carbons (Fsp3) is 0.333. The first-order valence-electron chi connectivity index (χ1n) is 6.70. The molecule has 0 radical (unpaired) electrons. The molecular formula is C15H17Cl2N3O. The zero-order valence-electron chi connectivity index (χ0n) is 11.9. The predicted molar refractivity (Wildman–Crippen MR) is 86.1 cm³/mol. The summed E-state index contributed by atoms with van der Waals surface area (Å²) in [4.78, 5) is 18.9. The maximum absolute atomic E-state index is 11.7. The van der Waals surface area contributed by atoms with Gasteiger partial charge in [0.1, 0.15) is 5.82 Å². The van der Waals surface area contributed by atoms with Crippen LogP contribution in [0.25, 0.3) is 0 Å². The average Bonchev–Trinajstić information content (AvgIpc) is 2.39. The molecule has 0 fully saturated rings. The van der Waals surface area contributed by atoms with Crippen molar-refractivity contribution in [3.05, 3.63) is 61.7 Å². The number of nitrogens with zero attached hydrogens (tertiary/aromatic N) is 1. The molecule has 0 amide bonds. The summed E-state index contributed by atoms with van der Waals surface area (Å²) in [6, 6.07) is 7.12. The molecule has 0 bridgehead atoms. The summed E-state index contributed by atoms with van der Waals surface area (Å²) in [6.07, 6.45) is 0.459. The van der Waals surface area contributed by atoms with Gasteiger partial charge < -0.3 is 10.3 Å². The second kappa shape index (κ2) is 7.07. The van der Waals surface area contributed by atoms with E-state index in [0.29, 0.717) is 40.6 Å². The Balaban J connectivity index is 2.21. The van der Waals surface area contributed by atoms with Gasteiger partial charge in [-0.05, 0) is 17.7 Å². The van der Waals surface area contributed by atoms with Crippen LogP contribution in [0.5, 0.6) is 0 Å². The smallest absolute Gasteiger partial charge is 0.251 e. The van der Waals surface area contributed by atoms with Gasteiger partial charge in [0, 0.05) is 35.1 Å². The van der Waals surface area contributed by atoms with Crippen LogP contribution < -0.4 is 10.9 Å². The molecule has 4 nitrogen and oxygen atoms in total. The number of nitrogens with one attached hydrogen (secondary N) is 2. The third kappa shape index (κ3) is 4.84. The van der Waals surface area contributed by atoms with Gasteiger partial charge in [0.05, 0.1) is 5.69 Å². The van der Waals surface area contributed by atoms with Crippen molar-refractivity contribution in [3.8, 4) is 0 Å². The summed E-state index contributed by atoms with van der Waals surface area (Å²) in [5.41, 5.74) is 1.43. The van der Waals surface area contributed by atoms with Gasteiger partial charge in [-0.25, -0.2) is 4.98 Å².